The van der Waals surface area contributed by atoms with Crippen LogP contribution in [0, 0.1) is 0 Å². The highest BCUT2D eigenvalue weighted by Gasteiger charge is 2.32. The van der Waals surface area contributed by atoms with Crippen molar-refractivity contribution < 1.29 is 18.0 Å². The van der Waals surface area contributed by atoms with Gasteiger partial charge in [0, 0.05) is 24.4 Å². The van der Waals surface area contributed by atoms with Gasteiger partial charge in [-0.2, -0.15) is 13.2 Å². The van der Waals surface area contributed by atoms with Crippen LogP contribution in [-0.4, -0.2) is 15.9 Å². The lowest BCUT2D eigenvalue weighted by Crippen LogP contribution is -2.09. The standard InChI is InChI=1S/C13H10F3N3O/c1-8(20)18-10-4-2-3-9(7-10)12-17-6-5-11(19-12)13(14,15)16/h2-7H,1H3,(H,18,20). The Balaban J connectivity index is 2.39. The van der Waals surface area contributed by atoms with Crippen molar-refractivity contribution in [1.29, 1.82) is 0 Å². The zero-order chi connectivity index (χ0) is 14.8. The quantitative estimate of drug-likeness (QED) is 0.920. The number of alkyl halides is 3. The van der Waals surface area contributed by atoms with Crippen molar-refractivity contribution in [3.05, 3.63) is 42.2 Å². The molecular weight excluding hydrogens is 271 g/mol. The summed E-state index contributed by atoms with van der Waals surface area (Å²) in [5, 5.41) is 2.54. The second-order valence-electron chi connectivity index (χ2n) is 4.03. The molecule has 0 fully saturated rings. The molecule has 0 aliphatic heterocycles. The Bertz CT molecular complexity index is 641. The Labute approximate surface area is 112 Å². The van der Waals surface area contributed by atoms with Crippen molar-refractivity contribution in [2.24, 2.45) is 0 Å². The number of carbonyl (C=O) groups is 1. The van der Waals surface area contributed by atoms with E-state index in [4.69, 9.17) is 0 Å². The summed E-state index contributed by atoms with van der Waals surface area (Å²) in [5.41, 5.74) is -0.147. The number of carbonyl (C=O) groups excluding carboxylic acids is 1. The molecule has 0 bridgehead atoms. The number of hydrogen-bond donors (Lipinski definition) is 1. The molecule has 0 atom stereocenters. The number of nitrogens with zero attached hydrogens (tertiary/aromatic N) is 2. The van der Waals surface area contributed by atoms with E-state index in [1.807, 2.05) is 0 Å². The number of anilines is 1. The fourth-order valence-electron chi connectivity index (χ4n) is 1.59. The zero-order valence-corrected chi connectivity index (χ0v) is 10.4. The van der Waals surface area contributed by atoms with Crippen LogP contribution < -0.4 is 5.32 Å². The van der Waals surface area contributed by atoms with Crippen LogP contribution in [0.3, 0.4) is 0 Å². The van der Waals surface area contributed by atoms with Gasteiger partial charge < -0.3 is 5.32 Å². The van der Waals surface area contributed by atoms with Crippen LogP contribution in [0.5, 0.6) is 0 Å². The van der Waals surface area contributed by atoms with Crippen molar-refractivity contribution in [2.75, 3.05) is 5.32 Å². The number of halogens is 3. The SMILES string of the molecule is CC(=O)Nc1cccc(-c2nccc(C(F)(F)F)n2)c1. The first-order valence-corrected chi connectivity index (χ1v) is 5.64. The third kappa shape index (κ3) is 3.31. The van der Waals surface area contributed by atoms with Crippen molar-refractivity contribution in [3.8, 4) is 11.4 Å². The molecule has 0 aliphatic rings. The summed E-state index contributed by atoms with van der Waals surface area (Å²) in [6.07, 6.45) is -3.47. The van der Waals surface area contributed by atoms with Crippen molar-refractivity contribution in [2.45, 2.75) is 13.1 Å². The molecule has 2 aromatic rings. The van der Waals surface area contributed by atoms with Gasteiger partial charge in [-0.3, -0.25) is 4.79 Å². The van der Waals surface area contributed by atoms with E-state index in [1.54, 1.807) is 18.2 Å². The van der Waals surface area contributed by atoms with Gasteiger partial charge >= 0.3 is 6.18 Å². The first-order valence-electron chi connectivity index (χ1n) is 5.64. The minimum absolute atomic E-state index is 0.0490. The van der Waals surface area contributed by atoms with E-state index in [0.717, 1.165) is 12.3 Å². The molecule has 1 N–H and O–H groups in total. The predicted molar refractivity (Wildman–Crippen MR) is 66.8 cm³/mol. The molecule has 104 valence electrons. The maximum atomic E-state index is 12.6. The van der Waals surface area contributed by atoms with Crippen molar-refractivity contribution in [3.63, 3.8) is 0 Å². The van der Waals surface area contributed by atoms with Gasteiger partial charge in [0.1, 0.15) is 5.69 Å². The molecule has 1 aromatic carbocycles. The maximum absolute atomic E-state index is 12.6. The Morgan fingerprint density at radius 2 is 2.00 bits per heavy atom. The average molecular weight is 281 g/mol. The Morgan fingerprint density at radius 3 is 2.65 bits per heavy atom. The highest BCUT2D eigenvalue weighted by Crippen LogP contribution is 2.29. The number of benzene rings is 1. The fraction of sp³-hybridized carbons (Fsp3) is 0.154. The maximum Gasteiger partial charge on any atom is 0.433 e. The van der Waals surface area contributed by atoms with E-state index >= 15 is 0 Å². The number of nitrogens with one attached hydrogen (secondary N) is 1. The van der Waals surface area contributed by atoms with Crippen LogP contribution in [0.15, 0.2) is 36.5 Å². The molecule has 2 rings (SSSR count). The second-order valence-corrected chi connectivity index (χ2v) is 4.03. The molecule has 0 saturated heterocycles. The summed E-state index contributed by atoms with van der Waals surface area (Å²) in [6, 6.07) is 7.11. The molecule has 0 aliphatic carbocycles. The van der Waals surface area contributed by atoms with Crippen LogP contribution in [0.2, 0.25) is 0 Å². The monoisotopic (exact) mass is 281 g/mol. The number of rotatable bonds is 2. The van der Waals surface area contributed by atoms with Gasteiger partial charge in [-0.1, -0.05) is 12.1 Å². The van der Waals surface area contributed by atoms with Gasteiger partial charge in [-0.25, -0.2) is 9.97 Å². The molecular formula is C13H10F3N3O. The van der Waals surface area contributed by atoms with E-state index in [9.17, 15) is 18.0 Å². The van der Waals surface area contributed by atoms with Crippen LogP contribution >= 0.6 is 0 Å². The Kier molecular flexibility index (Phi) is 3.69. The smallest absolute Gasteiger partial charge is 0.326 e. The van der Waals surface area contributed by atoms with Crippen LogP contribution in [0.4, 0.5) is 18.9 Å². The highest BCUT2D eigenvalue weighted by molar-refractivity contribution is 5.89. The van der Waals surface area contributed by atoms with Gasteiger partial charge in [0.15, 0.2) is 5.82 Å². The number of aromatic nitrogens is 2. The summed E-state index contributed by atoms with van der Waals surface area (Å²) in [7, 11) is 0. The van der Waals surface area contributed by atoms with Gasteiger partial charge in [0.25, 0.3) is 0 Å². The van der Waals surface area contributed by atoms with Crippen LogP contribution in [0.25, 0.3) is 11.4 Å². The lowest BCUT2D eigenvalue weighted by atomic mass is 10.2. The number of amides is 1. The fourth-order valence-corrected chi connectivity index (χ4v) is 1.59. The van der Waals surface area contributed by atoms with E-state index in [-0.39, 0.29) is 11.7 Å². The Morgan fingerprint density at radius 1 is 1.25 bits per heavy atom. The lowest BCUT2D eigenvalue weighted by Gasteiger charge is -2.08. The molecule has 1 aromatic heterocycles. The van der Waals surface area contributed by atoms with Crippen molar-refractivity contribution >= 4 is 11.6 Å². The number of hydrogen-bond acceptors (Lipinski definition) is 3. The minimum Gasteiger partial charge on any atom is -0.326 e. The van der Waals surface area contributed by atoms with Crippen LogP contribution in [-0.2, 0) is 11.0 Å². The van der Waals surface area contributed by atoms with Gasteiger partial charge in [0.05, 0.1) is 0 Å². The topological polar surface area (TPSA) is 54.9 Å². The molecule has 0 unspecified atom stereocenters. The summed E-state index contributed by atoms with van der Waals surface area (Å²) in [4.78, 5) is 18.3. The van der Waals surface area contributed by atoms with E-state index in [0.29, 0.717) is 11.3 Å². The molecule has 1 amide bonds. The molecule has 1 heterocycles. The predicted octanol–water partition coefficient (Wildman–Crippen LogP) is 3.12. The van der Waals surface area contributed by atoms with E-state index in [1.165, 1.54) is 13.0 Å². The molecule has 7 heteroatoms. The summed E-state index contributed by atoms with van der Waals surface area (Å²) in [5.74, 6) is -0.320. The normalized spacial score (nSPS) is 11.2. The highest BCUT2D eigenvalue weighted by atomic mass is 19.4. The lowest BCUT2D eigenvalue weighted by molar-refractivity contribution is -0.141. The zero-order valence-electron chi connectivity index (χ0n) is 10.4. The van der Waals surface area contributed by atoms with Crippen molar-refractivity contribution in [1.82, 2.24) is 9.97 Å². The second kappa shape index (κ2) is 5.28. The van der Waals surface area contributed by atoms with Gasteiger partial charge in [-0.05, 0) is 18.2 Å². The molecule has 20 heavy (non-hydrogen) atoms. The summed E-state index contributed by atoms with van der Waals surface area (Å²) in [6.45, 7) is 1.34. The van der Waals surface area contributed by atoms with E-state index < -0.39 is 11.9 Å². The third-order valence-electron chi connectivity index (χ3n) is 2.39. The minimum atomic E-state index is -4.52. The van der Waals surface area contributed by atoms with Gasteiger partial charge in [0.2, 0.25) is 5.91 Å². The summed E-state index contributed by atoms with van der Waals surface area (Å²) >= 11 is 0. The summed E-state index contributed by atoms with van der Waals surface area (Å²) < 4.78 is 37.8. The first kappa shape index (κ1) is 14.0. The van der Waals surface area contributed by atoms with Gasteiger partial charge in [-0.15, -0.1) is 0 Å². The average Bonchev–Trinajstić information content (AvgIpc) is 2.37. The van der Waals surface area contributed by atoms with E-state index in [2.05, 4.69) is 15.3 Å². The molecule has 0 saturated carbocycles. The molecule has 0 radical (unpaired) electrons. The van der Waals surface area contributed by atoms with Crippen LogP contribution in [0.1, 0.15) is 12.6 Å². The Hall–Kier alpha value is -2.44. The molecule has 0 spiro atoms. The third-order valence-corrected chi connectivity index (χ3v) is 2.39. The first-order chi connectivity index (χ1) is 9.36. The molecule has 4 nitrogen and oxygen atoms in total. The largest absolute Gasteiger partial charge is 0.433 e.